The number of aromatic nitrogens is 3. The Bertz CT molecular complexity index is 925. The smallest absolute Gasteiger partial charge is 0.223 e. The van der Waals surface area contributed by atoms with E-state index in [2.05, 4.69) is 22.2 Å². The van der Waals surface area contributed by atoms with Crippen LogP contribution in [-0.2, 0) is 10.0 Å². The fourth-order valence-electron chi connectivity index (χ4n) is 4.38. The van der Waals surface area contributed by atoms with Crippen LogP contribution in [-0.4, -0.2) is 53.1 Å². The van der Waals surface area contributed by atoms with Crippen LogP contribution in [0.25, 0.3) is 10.9 Å². The fraction of sp³-hybridized carbons (Fsp3) is 0.632. The van der Waals surface area contributed by atoms with E-state index < -0.39 is 10.0 Å². The van der Waals surface area contributed by atoms with Crippen molar-refractivity contribution in [1.29, 1.82) is 0 Å². The zero-order chi connectivity index (χ0) is 19.0. The van der Waals surface area contributed by atoms with Gasteiger partial charge in [0.1, 0.15) is 0 Å². The molecule has 8 heteroatoms. The topological polar surface area (TPSA) is 88.1 Å². The quantitative estimate of drug-likeness (QED) is 0.865. The van der Waals surface area contributed by atoms with Crippen LogP contribution in [0.4, 0.5) is 5.95 Å². The van der Waals surface area contributed by atoms with E-state index in [4.69, 9.17) is 4.98 Å². The van der Waals surface area contributed by atoms with Crippen molar-refractivity contribution < 1.29 is 8.42 Å². The van der Waals surface area contributed by atoms with Gasteiger partial charge in [0.2, 0.25) is 16.0 Å². The van der Waals surface area contributed by atoms with Crippen molar-refractivity contribution in [3.8, 4) is 0 Å². The minimum Gasteiger partial charge on any atom is -0.351 e. The number of nitrogens with zero attached hydrogens (tertiary/aromatic N) is 4. The van der Waals surface area contributed by atoms with Crippen LogP contribution >= 0.6 is 0 Å². The van der Waals surface area contributed by atoms with Gasteiger partial charge in [-0.1, -0.05) is 19.8 Å². The van der Waals surface area contributed by atoms with Crippen LogP contribution in [0, 0.1) is 5.92 Å². The summed E-state index contributed by atoms with van der Waals surface area (Å²) < 4.78 is 24.9. The Kier molecular flexibility index (Phi) is 5.03. The minimum absolute atomic E-state index is 0.186. The predicted molar refractivity (Wildman–Crippen MR) is 106 cm³/mol. The molecule has 2 fully saturated rings. The summed E-state index contributed by atoms with van der Waals surface area (Å²) in [6.07, 6.45) is 10.2. The first-order valence-electron chi connectivity index (χ1n) is 9.75. The lowest BCUT2D eigenvalue weighted by Gasteiger charge is -2.30. The summed E-state index contributed by atoms with van der Waals surface area (Å²) in [4.78, 5) is 13.9. The Labute approximate surface area is 160 Å². The molecule has 0 unspecified atom stereocenters. The molecule has 1 aliphatic heterocycles. The summed E-state index contributed by atoms with van der Waals surface area (Å²) in [5.74, 6) is 1.71. The van der Waals surface area contributed by atoms with Gasteiger partial charge < -0.3 is 5.32 Å². The number of rotatable bonds is 4. The van der Waals surface area contributed by atoms with E-state index in [1.54, 1.807) is 0 Å². The maximum atomic E-state index is 11.7. The van der Waals surface area contributed by atoms with Crippen LogP contribution in [0.15, 0.2) is 18.5 Å². The molecule has 0 radical (unpaired) electrons. The molecule has 27 heavy (non-hydrogen) atoms. The number of piperidine rings is 1. The number of anilines is 1. The molecule has 1 saturated heterocycles. The zero-order valence-corrected chi connectivity index (χ0v) is 16.7. The number of pyridine rings is 1. The lowest BCUT2D eigenvalue weighted by molar-refractivity contribution is 0.331. The van der Waals surface area contributed by atoms with E-state index >= 15 is 0 Å². The first-order chi connectivity index (χ1) is 12.9. The molecule has 2 aromatic heterocycles. The summed E-state index contributed by atoms with van der Waals surface area (Å²) in [7, 11) is -3.11. The van der Waals surface area contributed by atoms with Gasteiger partial charge in [-0.05, 0) is 31.2 Å². The Hall–Kier alpha value is -1.80. The third-order valence-corrected chi connectivity index (χ3v) is 7.30. The first kappa shape index (κ1) is 18.6. The summed E-state index contributed by atoms with van der Waals surface area (Å²) in [6.45, 7) is 3.38. The molecule has 0 spiro atoms. The van der Waals surface area contributed by atoms with Gasteiger partial charge in [0.05, 0.1) is 17.5 Å². The van der Waals surface area contributed by atoms with Crippen molar-refractivity contribution in [2.45, 2.75) is 51.0 Å². The van der Waals surface area contributed by atoms with E-state index in [1.807, 2.05) is 18.5 Å². The predicted octanol–water partition coefficient (Wildman–Crippen LogP) is 2.76. The van der Waals surface area contributed by atoms with Gasteiger partial charge in [-0.15, -0.1) is 0 Å². The normalized spacial score (nSPS) is 25.1. The molecular weight excluding hydrogens is 362 g/mol. The monoisotopic (exact) mass is 389 g/mol. The average molecular weight is 390 g/mol. The average Bonchev–Trinajstić information content (AvgIpc) is 3.07. The molecule has 0 bridgehead atoms. The molecule has 2 atom stereocenters. The van der Waals surface area contributed by atoms with Gasteiger partial charge >= 0.3 is 0 Å². The highest BCUT2D eigenvalue weighted by atomic mass is 32.2. The number of sulfonamides is 1. The van der Waals surface area contributed by atoms with Crippen LogP contribution < -0.4 is 5.32 Å². The third kappa shape index (κ3) is 3.91. The van der Waals surface area contributed by atoms with Gasteiger partial charge in [0, 0.05) is 42.8 Å². The number of nitrogens with one attached hydrogen (secondary N) is 1. The van der Waals surface area contributed by atoms with Gasteiger partial charge in [-0.25, -0.2) is 22.7 Å². The molecule has 0 aromatic carbocycles. The minimum atomic E-state index is -3.11. The lowest BCUT2D eigenvalue weighted by Crippen LogP contribution is -2.42. The highest BCUT2D eigenvalue weighted by Gasteiger charge is 2.29. The second-order valence-electron chi connectivity index (χ2n) is 7.92. The maximum Gasteiger partial charge on any atom is 0.223 e. The van der Waals surface area contributed by atoms with Gasteiger partial charge in [-0.2, -0.15) is 0 Å². The fourth-order valence-corrected chi connectivity index (χ4v) is 5.26. The van der Waals surface area contributed by atoms with Crippen molar-refractivity contribution in [3.63, 3.8) is 0 Å². The van der Waals surface area contributed by atoms with Gasteiger partial charge in [0.25, 0.3) is 0 Å². The Balaban J connectivity index is 1.53. The summed E-state index contributed by atoms with van der Waals surface area (Å²) in [5, 5.41) is 4.43. The summed E-state index contributed by atoms with van der Waals surface area (Å²) in [6, 6.07) is 2.15. The Morgan fingerprint density at radius 2 is 1.93 bits per heavy atom. The van der Waals surface area contributed by atoms with Crippen molar-refractivity contribution in [3.05, 3.63) is 24.2 Å². The second-order valence-corrected chi connectivity index (χ2v) is 9.91. The molecule has 0 amide bonds. The van der Waals surface area contributed by atoms with Crippen molar-refractivity contribution >= 4 is 26.9 Å². The molecule has 1 saturated carbocycles. The van der Waals surface area contributed by atoms with Gasteiger partial charge in [-0.3, -0.25) is 4.98 Å². The van der Waals surface area contributed by atoms with Crippen LogP contribution in [0.2, 0.25) is 0 Å². The van der Waals surface area contributed by atoms with Crippen molar-refractivity contribution in [1.82, 2.24) is 19.3 Å². The molecule has 2 aromatic rings. The third-order valence-electron chi connectivity index (χ3n) is 6.00. The number of hydrogen-bond donors (Lipinski definition) is 1. The van der Waals surface area contributed by atoms with Crippen molar-refractivity contribution in [2.75, 3.05) is 24.7 Å². The van der Waals surface area contributed by atoms with E-state index in [0.717, 1.165) is 29.4 Å². The molecular formula is C19H27N5O2S. The van der Waals surface area contributed by atoms with Gasteiger partial charge in [0.15, 0.2) is 0 Å². The van der Waals surface area contributed by atoms with E-state index in [-0.39, 0.29) is 6.04 Å². The van der Waals surface area contributed by atoms with Crippen molar-refractivity contribution in [2.24, 2.45) is 5.92 Å². The summed E-state index contributed by atoms with van der Waals surface area (Å²) >= 11 is 0. The molecule has 146 valence electrons. The van der Waals surface area contributed by atoms with Crippen LogP contribution in [0.1, 0.15) is 50.6 Å². The van der Waals surface area contributed by atoms with E-state index in [1.165, 1.54) is 29.8 Å². The largest absolute Gasteiger partial charge is 0.351 e. The SMILES string of the molecule is C[C@H]1CCC[C@@H]1c1nccc2cnc(NC3CCN(S(C)(=O)=O)CC3)nc12. The molecule has 7 nitrogen and oxygen atoms in total. The molecule has 4 rings (SSSR count). The number of fused-ring (bicyclic) bond motifs is 1. The maximum absolute atomic E-state index is 11.7. The number of hydrogen-bond acceptors (Lipinski definition) is 6. The van der Waals surface area contributed by atoms with E-state index in [9.17, 15) is 8.42 Å². The molecule has 1 aliphatic carbocycles. The standard InChI is InChI=1S/C19H27N5O2S/c1-13-4-3-5-16(13)18-17-14(6-9-20-18)12-21-19(23-17)22-15-7-10-24(11-8-15)27(2,25)26/h6,9,12-13,15-16H,3-5,7-8,10-11H2,1-2H3,(H,21,22,23)/t13-,16-/m0/s1. The highest BCUT2D eigenvalue weighted by molar-refractivity contribution is 7.88. The molecule has 1 N–H and O–H groups in total. The summed E-state index contributed by atoms with van der Waals surface area (Å²) in [5.41, 5.74) is 2.04. The van der Waals surface area contributed by atoms with Crippen LogP contribution in [0.3, 0.4) is 0 Å². The van der Waals surface area contributed by atoms with Crippen LogP contribution in [0.5, 0.6) is 0 Å². The first-order valence-corrected chi connectivity index (χ1v) is 11.6. The second kappa shape index (κ2) is 7.31. The Morgan fingerprint density at radius 1 is 1.15 bits per heavy atom. The Morgan fingerprint density at radius 3 is 2.59 bits per heavy atom. The zero-order valence-electron chi connectivity index (χ0n) is 15.9. The highest BCUT2D eigenvalue weighted by Crippen LogP contribution is 2.40. The molecule has 2 aliphatic rings. The molecule has 3 heterocycles. The van der Waals surface area contributed by atoms with E-state index in [0.29, 0.717) is 30.9 Å². The lowest BCUT2D eigenvalue weighted by atomic mass is 9.93.